The molecule has 1 aromatic carbocycles. The van der Waals surface area contributed by atoms with Crippen LogP contribution in [0, 0.1) is 0 Å². The fraction of sp³-hybridized carbons (Fsp3) is 0.375. The minimum Gasteiger partial charge on any atom is -0.393 e. The van der Waals surface area contributed by atoms with E-state index in [2.05, 4.69) is 10.4 Å². The number of urea groups is 1. The van der Waals surface area contributed by atoms with Crippen molar-refractivity contribution in [2.45, 2.75) is 26.0 Å². The lowest BCUT2D eigenvalue weighted by molar-refractivity contribution is 0.167. The Morgan fingerprint density at radius 3 is 2.78 bits per heavy atom. The number of hydrogen-bond acceptors (Lipinski definition) is 3. The number of hydrogen-bond donors (Lipinski definition) is 2. The Kier molecular flexibility index (Phi) is 6.01. The van der Waals surface area contributed by atoms with Gasteiger partial charge < -0.3 is 15.3 Å². The zero-order valence-electron chi connectivity index (χ0n) is 13.2. The molecule has 2 N–H and O–H groups in total. The SMILES string of the molecule is C[C@H](O)CCN(C)C(=O)Nc1cnn(Cc2ccc(Cl)cc2)c1. The molecule has 0 radical (unpaired) electrons. The third-order valence-corrected chi connectivity index (χ3v) is 3.62. The summed E-state index contributed by atoms with van der Waals surface area (Å²) in [7, 11) is 1.69. The van der Waals surface area contributed by atoms with E-state index >= 15 is 0 Å². The molecule has 0 fully saturated rings. The molecule has 0 unspecified atom stereocenters. The Labute approximate surface area is 140 Å². The van der Waals surface area contributed by atoms with Crippen LogP contribution in [0.1, 0.15) is 18.9 Å². The molecule has 0 saturated heterocycles. The summed E-state index contributed by atoms with van der Waals surface area (Å²) in [5, 5.41) is 17.0. The first-order valence-electron chi connectivity index (χ1n) is 7.41. The number of nitrogens with zero attached hydrogens (tertiary/aromatic N) is 3. The van der Waals surface area contributed by atoms with Crippen molar-refractivity contribution in [2.24, 2.45) is 0 Å². The Morgan fingerprint density at radius 2 is 2.13 bits per heavy atom. The molecule has 7 heteroatoms. The second-order valence-electron chi connectivity index (χ2n) is 5.54. The van der Waals surface area contributed by atoms with Crippen LogP contribution in [-0.4, -0.2) is 45.5 Å². The van der Waals surface area contributed by atoms with E-state index in [0.29, 0.717) is 30.2 Å². The van der Waals surface area contributed by atoms with E-state index in [0.717, 1.165) is 5.56 Å². The van der Waals surface area contributed by atoms with Crippen LogP contribution in [-0.2, 0) is 6.54 Å². The van der Waals surface area contributed by atoms with Crippen molar-refractivity contribution in [3.63, 3.8) is 0 Å². The van der Waals surface area contributed by atoms with E-state index in [4.69, 9.17) is 11.6 Å². The first-order chi connectivity index (χ1) is 10.9. The van der Waals surface area contributed by atoms with Gasteiger partial charge in [0.05, 0.1) is 24.5 Å². The molecule has 0 aliphatic carbocycles. The van der Waals surface area contributed by atoms with Crippen molar-refractivity contribution < 1.29 is 9.90 Å². The number of aliphatic hydroxyl groups excluding tert-OH is 1. The summed E-state index contributed by atoms with van der Waals surface area (Å²) in [4.78, 5) is 13.5. The van der Waals surface area contributed by atoms with Gasteiger partial charge in [-0.05, 0) is 31.0 Å². The number of nitrogens with one attached hydrogen (secondary N) is 1. The molecule has 6 nitrogen and oxygen atoms in total. The lowest BCUT2D eigenvalue weighted by atomic mass is 10.2. The van der Waals surface area contributed by atoms with Crippen LogP contribution in [0.3, 0.4) is 0 Å². The molecule has 2 rings (SSSR count). The van der Waals surface area contributed by atoms with Gasteiger partial charge in [0.2, 0.25) is 0 Å². The molecule has 23 heavy (non-hydrogen) atoms. The van der Waals surface area contributed by atoms with Crippen LogP contribution in [0.15, 0.2) is 36.7 Å². The number of aromatic nitrogens is 2. The molecule has 1 atom stereocenters. The van der Waals surface area contributed by atoms with E-state index < -0.39 is 6.10 Å². The van der Waals surface area contributed by atoms with E-state index in [1.165, 1.54) is 4.90 Å². The predicted molar refractivity (Wildman–Crippen MR) is 90.7 cm³/mol. The molecule has 0 saturated carbocycles. The Balaban J connectivity index is 1.89. The van der Waals surface area contributed by atoms with Gasteiger partial charge in [0.1, 0.15) is 0 Å². The Morgan fingerprint density at radius 1 is 1.43 bits per heavy atom. The van der Waals surface area contributed by atoms with Crippen molar-refractivity contribution in [3.8, 4) is 0 Å². The Bertz CT molecular complexity index is 640. The molecule has 1 heterocycles. The Hall–Kier alpha value is -2.05. The lowest BCUT2D eigenvalue weighted by Gasteiger charge is -2.17. The number of rotatable bonds is 6. The van der Waals surface area contributed by atoms with Crippen molar-refractivity contribution in [2.75, 3.05) is 18.9 Å². The second kappa shape index (κ2) is 7.99. The first kappa shape index (κ1) is 17.3. The summed E-state index contributed by atoms with van der Waals surface area (Å²) in [5.41, 5.74) is 1.71. The van der Waals surface area contributed by atoms with Gasteiger partial charge in [-0.25, -0.2) is 4.79 Å². The normalized spacial score (nSPS) is 12.0. The summed E-state index contributed by atoms with van der Waals surface area (Å²) in [5.74, 6) is 0. The van der Waals surface area contributed by atoms with Crippen LogP contribution in [0.4, 0.5) is 10.5 Å². The highest BCUT2D eigenvalue weighted by atomic mass is 35.5. The molecule has 1 aromatic heterocycles. The minimum atomic E-state index is -0.424. The van der Waals surface area contributed by atoms with Crippen LogP contribution in [0.5, 0.6) is 0 Å². The summed E-state index contributed by atoms with van der Waals surface area (Å²) >= 11 is 5.86. The maximum absolute atomic E-state index is 12.0. The average molecular weight is 337 g/mol. The molecule has 0 aliphatic rings. The third kappa shape index (κ3) is 5.58. The topological polar surface area (TPSA) is 70.4 Å². The van der Waals surface area contributed by atoms with Gasteiger partial charge in [-0.1, -0.05) is 23.7 Å². The molecule has 0 aliphatic heterocycles. The molecular weight excluding hydrogens is 316 g/mol. The number of carbonyl (C=O) groups is 1. The summed E-state index contributed by atoms with van der Waals surface area (Å²) in [6.45, 7) is 2.79. The van der Waals surface area contributed by atoms with Gasteiger partial charge >= 0.3 is 6.03 Å². The van der Waals surface area contributed by atoms with Gasteiger partial charge in [-0.2, -0.15) is 5.10 Å². The third-order valence-electron chi connectivity index (χ3n) is 3.37. The lowest BCUT2D eigenvalue weighted by Crippen LogP contribution is -2.33. The standard InChI is InChI=1S/C16H21ClN4O2/c1-12(22)7-8-20(2)16(23)19-15-9-18-21(11-15)10-13-3-5-14(17)6-4-13/h3-6,9,11-12,22H,7-8,10H2,1-2H3,(H,19,23)/t12-/m0/s1. The van der Waals surface area contributed by atoms with E-state index in [1.54, 1.807) is 31.0 Å². The number of amides is 2. The van der Waals surface area contributed by atoms with Crippen molar-refractivity contribution in [1.29, 1.82) is 0 Å². The van der Waals surface area contributed by atoms with Crippen LogP contribution < -0.4 is 5.32 Å². The minimum absolute atomic E-state index is 0.225. The summed E-state index contributed by atoms with van der Waals surface area (Å²) in [6.07, 6.45) is 3.50. The van der Waals surface area contributed by atoms with E-state index in [9.17, 15) is 9.90 Å². The van der Waals surface area contributed by atoms with E-state index in [1.807, 2.05) is 24.3 Å². The average Bonchev–Trinajstić information content (AvgIpc) is 2.94. The smallest absolute Gasteiger partial charge is 0.321 e. The monoisotopic (exact) mass is 336 g/mol. The number of anilines is 1. The molecule has 0 spiro atoms. The fourth-order valence-corrected chi connectivity index (χ4v) is 2.12. The molecule has 124 valence electrons. The largest absolute Gasteiger partial charge is 0.393 e. The van der Waals surface area contributed by atoms with E-state index in [-0.39, 0.29) is 6.03 Å². The van der Waals surface area contributed by atoms with Crippen molar-refractivity contribution >= 4 is 23.3 Å². The second-order valence-corrected chi connectivity index (χ2v) is 5.98. The summed E-state index contributed by atoms with van der Waals surface area (Å²) < 4.78 is 1.74. The molecule has 2 amide bonds. The van der Waals surface area contributed by atoms with Crippen LogP contribution in [0.2, 0.25) is 5.02 Å². The number of aliphatic hydroxyl groups is 1. The van der Waals surface area contributed by atoms with Crippen LogP contribution >= 0.6 is 11.6 Å². The van der Waals surface area contributed by atoms with Gasteiger partial charge in [0.25, 0.3) is 0 Å². The first-order valence-corrected chi connectivity index (χ1v) is 7.79. The number of carbonyl (C=O) groups excluding carboxylic acids is 1. The van der Waals surface area contributed by atoms with Crippen molar-refractivity contribution in [3.05, 3.63) is 47.2 Å². The highest BCUT2D eigenvalue weighted by molar-refractivity contribution is 6.30. The number of halogens is 1. The number of benzene rings is 1. The quantitative estimate of drug-likeness (QED) is 0.852. The van der Waals surface area contributed by atoms with Gasteiger partial charge in [0, 0.05) is 24.8 Å². The maximum atomic E-state index is 12.0. The summed E-state index contributed by atoms with van der Waals surface area (Å²) in [6, 6.07) is 7.31. The zero-order chi connectivity index (χ0) is 16.8. The zero-order valence-corrected chi connectivity index (χ0v) is 14.0. The molecule has 2 aromatic rings. The molecule has 0 bridgehead atoms. The van der Waals surface area contributed by atoms with Gasteiger partial charge in [0.15, 0.2) is 0 Å². The van der Waals surface area contributed by atoms with Crippen molar-refractivity contribution in [1.82, 2.24) is 14.7 Å². The fourth-order valence-electron chi connectivity index (χ4n) is 1.99. The maximum Gasteiger partial charge on any atom is 0.321 e. The van der Waals surface area contributed by atoms with Gasteiger partial charge in [-0.3, -0.25) is 4.68 Å². The van der Waals surface area contributed by atoms with Crippen LogP contribution in [0.25, 0.3) is 0 Å². The highest BCUT2D eigenvalue weighted by Gasteiger charge is 2.10. The molecular formula is C16H21ClN4O2. The van der Waals surface area contributed by atoms with Gasteiger partial charge in [-0.15, -0.1) is 0 Å². The predicted octanol–water partition coefficient (Wildman–Crippen LogP) is 2.82. The highest BCUT2D eigenvalue weighted by Crippen LogP contribution is 2.12.